The van der Waals surface area contributed by atoms with Gasteiger partial charge in [0, 0.05) is 5.82 Å². The summed E-state index contributed by atoms with van der Waals surface area (Å²) in [7, 11) is -3.10. The van der Waals surface area contributed by atoms with E-state index in [9.17, 15) is 4.57 Å². The van der Waals surface area contributed by atoms with Crippen LogP contribution in [0.1, 0.15) is 32.3 Å². The zero-order valence-electron chi connectivity index (χ0n) is 11.0. The van der Waals surface area contributed by atoms with Crippen molar-refractivity contribution in [1.29, 1.82) is 0 Å². The second-order valence-electron chi connectivity index (χ2n) is 3.93. The van der Waals surface area contributed by atoms with Gasteiger partial charge in [-0.25, -0.2) is 0 Å². The molecular formula is C14H21O3P. The van der Waals surface area contributed by atoms with Gasteiger partial charge in [-0.2, -0.15) is 0 Å². The zero-order valence-corrected chi connectivity index (χ0v) is 11.9. The topological polar surface area (TPSA) is 35.5 Å². The minimum Gasteiger partial charge on any atom is -0.306 e. The average Bonchev–Trinajstić information content (AvgIpc) is 2.42. The van der Waals surface area contributed by atoms with Crippen LogP contribution in [-0.4, -0.2) is 13.2 Å². The Kier molecular flexibility index (Phi) is 6.96. The van der Waals surface area contributed by atoms with Crippen LogP contribution >= 0.6 is 7.60 Å². The van der Waals surface area contributed by atoms with E-state index in [1.807, 2.05) is 44.2 Å². The first-order chi connectivity index (χ1) is 8.70. The summed E-state index contributed by atoms with van der Waals surface area (Å²) in [5.74, 6) is 1.55. The van der Waals surface area contributed by atoms with Crippen LogP contribution in [-0.2, 0) is 13.6 Å². The van der Waals surface area contributed by atoms with E-state index in [0.717, 1.165) is 18.4 Å². The molecule has 4 heteroatoms. The van der Waals surface area contributed by atoms with Crippen LogP contribution in [0.2, 0.25) is 0 Å². The summed E-state index contributed by atoms with van der Waals surface area (Å²) in [4.78, 5) is 0. The van der Waals surface area contributed by atoms with Crippen LogP contribution in [0.3, 0.4) is 0 Å². The first-order valence-corrected chi connectivity index (χ1v) is 7.94. The van der Waals surface area contributed by atoms with Crippen molar-refractivity contribution in [3.8, 4) is 0 Å². The number of benzene rings is 1. The summed E-state index contributed by atoms with van der Waals surface area (Å²) in [6.45, 7) is 4.84. The molecule has 0 fully saturated rings. The third-order valence-corrected chi connectivity index (χ3v) is 3.80. The molecule has 0 atom stereocenters. The largest absolute Gasteiger partial charge is 0.354 e. The van der Waals surface area contributed by atoms with Gasteiger partial charge in [0.1, 0.15) is 0 Å². The predicted molar refractivity (Wildman–Crippen MR) is 75.6 cm³/mol. The third-order valence-electron chi connectivity index (χ3n) is 2.20. The van der Waals surface area contributed by atoms with Crippen LogP contribution in [0.5, 0.6) is 0 Å². The molecule has 0 heterocycles. The molecule has 1 rings (SSSR count). The Labute approximate surface area is 109 Å². The molecular weight excluding hydrogens is 247 g/mol. The Morgan fingerprint density at radius 1 is 1.06 bits per heavy atom. The van der Waals surface area contributed by atoms with Crippen LogP contribution in [0.4, 0.5) is 0 Å². The smallest absolute Gasteiger partial charge is 0.306 e. The monoisotopic (exact) mass is 268 g/mol. The number of hydrogen-bond acceptors (Lipinski definition) is 3. The van der Waals surface area contributed by atoms with Gasteiger partial charge in [-0.15, -0.1) is 0 Å². The summed E-state index contributed by atoms with van der Waals surface area (Å²) >= 11 is 0. The molecule has 3 nitrogen and oxygen atoms in total. The lowest BCUT2D eigenvalue weighted by Crippen LogP contribution is -1.96. The quantitative estimate of drug-likeness (QED) is 0.641. The highest BCUT2D eigenvalue weighted by molar-refractivity contribution is 7.57. The molecule has 0 aliphatic rings. The predicted octanol–water partition coefficient (Wildman–Crippen LogP) is 4.70. The highest BCUT2D eigenvalue weighted by atomic mass is 31.2. The van der Waals surface area contributed by atoms with Crippen molar-refractivity contribution in [3.05, 3.63) is 41.7 Å². The summed E-state index contributed by atoms with van der Waals surface area (Å²) in [5.41, 5.74) is 0.984. The highest BCUT2D eigenvalue weighted by Gasteiger charge is 2.19. The van der Waals surface area contributed by atoms with Crippen molar-refractivity contribution in [2.24, 2.45) is 0 Å². The van der Waals surface area contributed by atoms with Crippen LogP contribution < -0.4 is 0 Å². The molecule has 0 unspecified atom stereocenters. The summed E-state index contributed by atoms with van der Waals surface area (Å²) in [5, 5.41) is 0. The van der Waals surface area contributed by atoms with E-state index in [4.69, 9.17) is 9.05 Å². The molecule has 0 aliphatic heterocycles. The van der Waals surface area contributed by atoms with Crippen molar-refractivity contribution in [3.63, 3.8) is 0 Å². The minimum atomic E-state index is -3.10. The van der Waals surface area contributed by atoms with Gasteiger partial charge < -0.3 is 9.05 Å². The zero-order chi connectivity index (χ0) is 13.3. The van der Waals surface area contributed by atoms with Crippen LogP contribution in [0.15, 0.2) is 36.1 Å². The van der Waals surface area contributed by atoms with Crippen molar-refractivity contribution >= 4 is 13.7 Å². The van der Waals surface area contributed by atoms with Gasteiger partial charge in [-0.05, 0) is 24.5 Å². The maximum Gasteiger partial charge on any atom is 0.354 e. The Morgan fingerprint density at radius 3 is 2.11 bits per heavy atom. The van der Waals surface area contributed by atoms with E-state index in [2.05, 4.69) is 0 Å². The van der Waals surface area contributed by atoms with E-state index in [1.165, 1.54) is 0 Å². The fourth-order valence-electron chi connectivity index (χ4n) is 1.30. The first-order valence-electron chi connectivity index (χ1n) is 6.33. The Bertz CT molecular complexity index is 389. The summed E-state index contributed by atoms with van der Waals surface area (Å²) in [6.07, 6.45) is 3.42. The highest BCUT2D eigenvalue weighted by Crippen LogP contribution is 2.50. The Hall–Kier alpha value is -0.890. The van der Waals surface area contributed by atoms with Gasteiger partial charge >= 0.3 is 7.60 Å². The second-order valence-corrected chi connectivity index (χ2v) is 5.83. The normalized spacial score (nSPS) is 12.1. The van der Waals surface area contributed by atoms with E-state index < -0.39 is 7.60 Å². The molecule has 100 valence electrons. The lowest BCUT2D eigenvalue weighted by Gasteiger charge is -2.14. The van der Waals surface area contributed by atoms with Gasteiger partial charge in [-0.3, -0.25) is 4.57 Å². The van der Waals surface area contributed by atoms with Crippen molar-refractivity contribution < 1.29 is 13.6 Å². The molecule has 0 bridgehead atoms. The summed E-state index contributed by atoms with van der Waals surface area (Å²) in [6, 6.07) is 9.70. The van der Waals surface area contributed by atoms with Gasteiger partial charge in [-0.1, -0.05) is 44.2 Å². The molecule has 0 saturated heterocycles. The molecule has 0 radical (unpaired) electrons. The molecule has 18 heavy (non-hydrogen) atoms. The van der Waals surface area contributed by atoms with E-state index in [-0.39, 0.29) is 0 Å². The van der Waals surface area contributed by atoms with E-state index >= 15 is 0 Å². The molecule has 0 spiro atoms. The molecule has 0 amide bonds. The first kappa shape index (κ1) is 15.2. The third kappa shape index (κ3) is 5.63. The van der Waals surface area contributed by atoms with Crippen LogP contribution in [0, 0.1) is 0 Å². The van der Waals surface area contributed by atoms with Crippen molar-refractivity contribution in [2.45, 2.75) is 26.7 Å². The fourth-order valence-corrected chi connectivity index (χ4v) is 2.78. The fraction of sp³-hybridized carbons (Fsp3) is 0.429. The number of rotatable bonds is 8. The standard InChI is InChI=1S/C14H21O3P/c1-3-11-16-18(15,17-12-4-2)13-10-14-8-6-5-7-9-14/h5-10,13H,3-4,11-12H2,1-2H3/b13-10+. The van der Waals surface area contributed by atoms with Gasteiger partial charge in [0.2, 0.25) is 0 Å². The Morgan fingerprint density at radius 2 is 1.61 bits per heavy atom. The molecule has 0 aromatic heterocycles. The SMILES string of the molecule is CCCOP(=O)(/C=C/c1ccccc1)OCCC. The van der Waals surface area contributed by atoms with E-state index in [1.54, 1.807) is 11.9 Å². The number of hydrogen-bond donors (Lipinski definition) is 0. The van der Waals surface area contributed by atoms with Gasteiger partial charge in [0.25, 0.3) is 0 Å². The lowest BCUT2D eigenvalue weighted by molar-refractivity contribution is 0.213. The van der Waals surface area contributed by atoms with Crippen LogP contribution in [0.25, 0.3) is 6.08 Å². The lowest BCUT2D eigenvalue weighted by atomic mass is 10.2. The molecule has 0 aliphatic carbocycles. The molecule has 1 aromatic carbocycles. The second kappa shape index (κ2) is 8.25. The average molecular weight is 268 g/mol. The Balaban J connectivity index is 2.71. The van der Waals surface area contributed by atoms with Gasteiger partial charge in [0.15, 0.2) is 0 Å². The van der Waals surface area contributed by atoms with Crippen molar-refractivity contribution in [1.82, 2.24) is 0 Å². The maximum absolute atomic E-state index is 12.4. The molecule has 0 saturated carbocycles. The van der Waals surface area contributed by atoms with Crippen molar-refractivity contribution in [2.75, 3.05) is 13.2 Å². The summed E-state index contributed by atoms with van der Waals surface area (Å²) < 4.78 is 23.1. The van der Waals surface area contributed by atoms with Gasteiger partial charge in [0.05, 0.1) is 13.2 Å². The molecule has 0 N–H and O–H groups in total. The van der Waals surface area contributed by atoms with E-state index in [0.29, 0.717) is 13.2 Å². The molecule has 1 aromatic rings. The minimum absolute atomic E-state index is 0.445. The maximum atomic E-state index is 12.4.